The molecule has 5 nitrogen and oxygen atoms in total. The minimum atomic E-state index is -3.50. The van der Waals surface area contributed by atoms with Crippen LogP contribution in [0.3, 0.4) is 0 Å². The molecule has 1 rings (SSSR count). The van der Waals surface area contributed by atoms with E-state index in [2.05, 4.69) is 20.7 Å². The Balaban J connectivity index is 2.90. The molecule has 1 aromatic rings. The average Bonchev–Trinajstić information content (AvgIpc) is 2.28. The van der Waals surface area contributed by atoms with E-state index >= 15 is 0 Å². The minimum Gasteiger partial charge on any atom is -0.326 e. The summed E-state index contributed by atoms with van der Waals surface area (Å²) in [7, 11) is 0.278. The quantitative estimate of drug-likeness (QED) is 0.804. The van der Waals surface area contributed by atoms with Crippen LogP contribution in [0.2, 0.25) is 0 Å². The third-order valence-electron chi connectivity index (χ3n) is 2.37. The number of nitrogens with zero attached hydrogens (tertiary/aromatic N) is 1. The summed E-state index contributed by atoms with van der Waals surface area (Å²) in [6.07, 6.45) is 0. The summed E-state index contributed by atoms with van der Waals surface area (Å²) in [6.45, 7) is 1.33. The predicted molar refractivity (Wildman–Crippen MR) is 75.8 cm³/mol. The number of hydrogen-bond donors (Lipinski definition) is 2. The standard InChI is InChI=1S/C11H18BrN3O2S/c1-15(2)6-5-14-18(16,17)11-7-9(8-13)3-4-10(11)12/h3-4,7,14H,5-6,8,13H2,1-2H3. The molecule has 0 aliphatic heterocycles. The highest BCUT2D eigenvalue weighted by Crippen LogP contribution is 2.22. The summed E-state index contributed by atoms with van der Waals surface area (Å²) in [5.41, 5.74) is 6.30. The van der Waals surface area contributed by atoms with Crippen LogP contribution in [0.5, 0.6) is 0 Å². The van der Waals surface area contributed by atoms with Gasteiger partial charge in [0.25, 0.3) is 0 Å². The van der Waals surface area contributed by atoms with Crippen LogP contribution in [0, 0.1) is 0 Å². The van der Waals surface area contributed by atoms with Crippen LogP contribution in [0.4, 0.5) is 0 Å². The van der Waals surface area contributed by atoms with E-state index in [0.29, 0.717) is 24.1 Å². The van der Waals surface area contributed by atoms with Crippen LogP contribution in [0.1, 0.15) is 5.56 Å². The Bertz CT molecular complexity index is 503. The van der Waals surface area contributed by atoms with Gasteiger partial charge in [0.2, 0.25) is 10.0 Å². The maximum Gasteiger partial charge on any atom is 0.241 e. The summed E-state index contributed by atoms with van der Waals surface area (Å²) >= 11 is 3.25. The van der Waals surface area contributed by atoms with Crippen LogP contribution in [0.15, 0.2) is 27.6 Å². The number of likely N-dealkylation sites (N-methyl/N-ethyl adjacent to an activating group) is 1. The van der Waals surface area contributed by atoms with Gasteiger partial charge in [-0.25, -0.2) is 13.1 Å². The Kier molecular flexibility index (Phi) is 5.74. The van der Waals surface area contributed by atoms with Crippen molar-refractivity contribution in [3.05, 3.63) is 28.2 Å². The Morgan fingerprint density at radius 3 is 2.61 bits per heavy atom. The van der Waals surface area contributed by atoms with E-state index in [9.17, 15) is 8.42 Å². The fourth-order valence-electron chi connectivity index (χ4n) is 1.36. The summed E-state index contributed by atoms with van der Waals surface area (Å²) < 4.78 is 27.3. The Morgan fingerprint density at radius 1 is 1.39 bits per heavy atom. The van der Waals surface area contributed by atoms with Gasteiger partial charge in [0.05, 0.1) is 4.90 Å². The van der Waals surface area contributed by atoms with Gasteiger partial charge in [0, 0.05) is 24.1 Å². The van der Waals surface area contributed by atoms with Gasteiger partial charge >= 0.3 is 0 Å². The van der Waals surface area contributed by atoms with E-state index in [1.165, 1.54) is 0 Å². The van der Waals surface area contributed by atoms with Gasteiger partial charge in [-0.15, -0.1) is 0 Å². The van der Waals surface area contributed by atoms with Crippen molar-refractivity contribution in [3.63, 3.8) is 0 Å². The monoisotopic (exact) mass is 335 g/mol. The number of hydrogen-bond acceptors (Lipinski definition) is 4. The molecule has 0 radical (unpaired) electrons. The molecule has 3 N–H and O–H groups in total. The normalized spacial score (nSPS) is 12.1. The first kappa shape index (κ1) is 15.6. The molecule has 0 heterocycles. The molecule has 7 heteroatoms. The largest absolute Gasteiger partial charge is 0.326 e. The number of nitrogens with one attached hydrogen (secondary N) is 1. The smallest absolute Gasteiger partial charge is 0.241 e. The second-order valence-electron chi connectivity index (χ2n) is 4.17. The summed E-state index contributed by atoms with van der Waals surface area (Å²) in [6, 6.07) is 5.08. The van der Waals surface area contributed by atoms with Crippen molar-refractivity contribution in [2.75, 3.05) is 27.2 Å². The van der Waals surface area contributed by atoms with Crippen molar-refractivity contribution < 1.29 is 8.42 Å². The molecular formula is C11H18BrN3O2S. The number of nitrogens with two attached hydrogens (primary N) is 1. The zero-order valence-corrected chi connectivity index (χ0v) is 12.9. The van der Waals surface area contributed by atoms with Gasteiger partial charge in [-0.2, -0.15) is 0 Å². The molecule has 0 fully saturated rings. The fourth-order valence-corrected chi connectivity index (χ4v) is 3.39. The number of benzene rings is 1. The Hall–Kier alpha value is -0.470. The lowest BCUT2D eigenvalue weighted by Gasteiger charge is -2.12. The Morgan fingerprint density at radius 2 is 2.06 bits per heavy atom. The van der Waals surface area contributed by atoms with E-state index in [1.54, 1.807) is 18.2 Å². The Labute approximate surface area is 117 Å². The summed E-state index contributed by atoms with van der Waals surface area (Å²) in [5.74, 6) is 0. The van der Waals surface area contributed by atoms with Crippen LogP contribution >= 0.6 is 15.9 Å². The van der Waals surface area contributed by atoms with Crippen molar-refractivity contribution >= 4 is 26.0 Å². The highest BCUT2D eigenvalue weighted by atomic mass is 79.9. The van der Waals surface area contributed by atoms with Gasteiger partial charge in [0.15, 0.2) is 0 Å². The molecular weight excluding hydrogens is 318 g/mol. The van der Waals surface area contributed by atoms with E-state index in [4.69, 9.17) is 5.73 Å². The molecule has 18 heavy (non-hydrogen) atoms. The topological polar surface area (TPSA) is 75.4 Å². The molecule has 0 bridgehead atoms. The van der Waals surface area contributed by atoms with E-state index < -0.39 is 10.0 Å². The molecule has 0 aromatic heterocycles. The molecule has 102 valence electrons. The second-order valence-corrected chi connectivity index (χ2v) is 6.76. The zero-order valence-electron chi connectivity index (χ0n) is 10.5. The van der Waals surface area contributed by atoms with Crippen molar-refractivity contribution in [1.82, 2.24) is 9.62 Å². The fraction of sp³-hybridized carbons (Fsp3) is 0.455. The van der Waals surface area contributed by atoms with Crippen LogP contribution < -0.4 is 10.5 Å². The number of rotatable bonds is 6. The van der Waals surface area contributed by atoms with Gasteiger partial charge in [0.1, 0.15) is 0 Å². The highest BCUT2D eigenvalue weighted by Gasteiger charge is 2.17. The molecule has 0 aliphatic rings. The first-order chi connectivity index (χ1) is 8.36. The molecule has 0 aliphatic carbocycles. The molecule has 0 saturated carbocycles. The lowest BCUT2D eigenvalue weighted by molar-refractivity contribution is 0.412. The molecule has 0 spiro atoms. The highest BCUT2D eigenvalue weighted by molar-refractivity contribution is 9.10. The van der Waals surface area contributed by atoms with Crippen LogP contribution in [-0.2, 0) is 16.6 Å². The van der Waals surface area contributed by atoms with Crippen LogP contribution in [0.25, 0.3) is 0 Å². The number of halogens is 1. The van der Waals surface area contributed by atoms with Gasteiger partial charge < -0.3 is 10.6 Å². The zero-order chi connectivity index (χ0) is 13.8. The van der Waals surface area contributed by atoms with E-state index in [1.807, 2.05) is 19.0 Å². The average molecular weight is 336 g/mol. The van der Waals surface area contributed by atoms with Crippen LogP contribution in [-0.4, -0.2) is 40.5 Å². The van der Waals surface area contributed by atoms with Gasteiger partial charge in [-0.1, -0.05) is 6.07 Å². The maximum atomic E-state index is 12.1. The van der Waals surface area contributed by atoms with Crippen molar-refractivity contribution in [2.45, 2.75) is 11.4 Å². The SMILES string of the molecule is CN(C)CCNS(=O)(=O)c1cc(CN)ccc1Br. The summed E-state index contributed by atoms with van der Waals surface area (Å²) in [5, 5.41) is 0. The molecule has 0 amide bonds. The lowest BCUT2D eigenvalue weighted by Crippen LogP contribution is -2.31. The minimum absolute atomic E-state index is 0.226. The molecule has 0 unspecified atom stereocenters. The van der Waals surface area contributed by atoms with E-state index in [0.717, 1.165) is 5.56 Å². The molecule has 0 atom stereocenters. The molecule has 0 saturated heterocycles. The first-order valence-corrected chi connectivity index (χ1v) is 7.77. The van der Waals surface area contributed by atoms with Gasteiger partial charge in [-0.3, -0.25) is 0 Å². The van der Waals surface area contributed by atoms with Crippen molar-refractivity contribution in [2.24, 2.45) is 5.73 Å². The predicted octanol–water partition coefficient (Wildman–Crippen LogP) is 0.748. The van der Waals surface area contributed by atoms with Gasteiger partial charge in [-0.05, 0) is 47.7 Å². The lowest BCUT2D eigenvalue weighted by atomic mass is 10.2. The molecule has 1 aromatic carbocycles. The van der Waals surface area contributed by atoms with E-state index in [-0.39, 0.29) is 4.90 Å². The van der Waals surface area contributed by atoms with Crippen molar-refractivity contribution in [3.8, 4) is 0 Å². The second kappa shape index (κ2) is 6.63. The van der Waals surface area contributed by atoms with Crippen molar-refractivity contribution in [1.29, 1.82) is 0 Å². The number of sulfonamides is 1. The third-order valence-corrected chi connectivity index (χ3v) is 4.83. The summed E-state index contributed by atoms with van der Waals surface area (Å²) in [4.78, 5) is 2.14. The third kappa shape index (κ3) is 4.33. The maximum absolute atomic E-state index is 12.1. The first-order valence-electron chi connectivity index (χ1n) is 5.49.